The fourth-order valence-corrected chi connectivity index (χ4v) is 1.52. The second-order valence-electron chi connectivity index (χ2n) is 3.77. The molecule has 1 heterocycles. The van der Waals surface area contributed by atoms with E-state index in [1.807, 2.05) is 30.3 Å². The van der Waals surface area contributed by atoms with Crippen molar-refractivity contribution in [3.8, 4) is 17.3 Å². The Bertz CT molecular complexity index is 519. The summed E-state index contributed by atoms with van der Waals surface area (Å²) in [5, 5.41) is 0. The summed E-state index contributed by atoms with van der Waals surface area (Å²) in [6.07, 6.45) is 0. The molecule has 0 atom stereocenters. The molecule has 0 aliphatic carbocycles. The van der Waals surface area contributed by atoms with Crippen LogP contribution in [0.4, 0.5) is 5.82 Å². The first-order valence-corrected chi connectivity index (χ1v) is 5.86. The fourth-order valence-electron chi connectivity index (χ4n) is 1.52. The summed E-state index contributed by atoms with van der Waals surface area (Å²) in [6, 6.07) is 11.3. The zero-order valence-corrected chi connectivity index (χ0v) is 10.7. The number of benzene rings is 1. The molecule has 3 N–H and O–H groups in total. The number of nitrogens with one attached hydrogen (secondary N) is 1. The summed E-state index contributed by atoms with van der Waals surface area (Å²) in [4.78, 5) is 8.63. The van der Waals surface area contributed by atoms with Crippen molar-refractivity contribution in [2.75, 3.05) is 25.7 Å². The van der Waals surface area contributed by atoms with E-state index in [2.05, 4.69) is 15.4 Å². The van der Waals surface area contributed by atoms with Crippen LogP contribution in [-0.2, 0) is 4.74 Å². The van der Waals surface area contributed by atoms with Crippen LogP contribution in [0.2, 0.25) is 0 Å². The molecule has 0 radical (unpaired) electrons. The zero-order valence-electron chi connectivity index (χ0n) is 10.7. The van der Waals surface area contributed by atoms with Gasteiger partial charge in [-0.1, -0.05) is 30.3 Å². The van der Waals surface area contributed by atoms with E-state index in [0.29, 0.717) is 30.7 Å². The third-order valence-electron chi connectivity index (χ3n) is 2.42. The summed E-state index contributed by atoms with van der Waals surface area (Å²) < 4.78 is 10.4. The van der Waals surface area contributed by atoms with Gasteiger partial charge in [0, 0.05) is 18.7 Å². The largest absolute Gasteiger partial charge is 0.475 e. The van der Waals surface area contributed by atoms with Crippen LogP contribution >= 0.6 is 0 Å². The summed E-state index contributed by atoms with van der Waals surface area (Å²) in [6.45, 7) is 0.918. The molecule has 19 heavy (non-hydrogen) atoms. The van der Waals surface area contributed by atoms with Gasteiger partial charge in [0.25, 0.3) is 0 Å². The number of methoxy groups -OCH3 is 1. The average Bonchev–Trinajstić information content (AvgIpc) is 2.48. The minimum atomic E-state index is 0.422. The Morgan fingerprint density at radius 3 is 2.63 bits per heavy atom. The van der Waals surface area contributed by atoms with Crippen molar-refractivity contribution in [3.63, 3.8) is 0 Å². The van der Waals surface area contributed by atoms with Gasteiger partial charge in [0.1, 0.15) is 12.4 Å². The number of aromatic nitrogens is 2. The molecule has 0 amide bonds. The highest BCUT2D eigenvalue weighted by molar-refractivity contribution is 5.57. The first-order valence-electron chi connectivity index (χ1n) is 5.86. The average molecular weight is 260 g/mol. The number of hydrogen-bond donors (Lipinski definition) is 2. The van der Waals surface area contributed by atoms with Gasteiger partial charge in [0.15, 0.2) is 5.82 Å². The number of anilines is 1. The highest BCUT2D eigenvalue weighted by Crippen LogP contribution is 2.20. The number of hydrogen-bond acceptors (Lipinski definition) is 6. The van der Waals surface area contributed by atoms with Crippen LogP contribution in [0.15, 0.2) is 36.4 Å². The number of hydrazine groups is 1. The molecule has 0 saturated carbocycles. The van der Waals surface area contributed by atoms with E-state index < -0.39 is 0 Å². The molecule has 0 saturated heterocycles. The van der Waals surface area contributed by atoms with Crippen LogP contribution in [0, 0.1) is 0 Å². The molecule has 100 valence electrons. The van der Waals surface area contributed by atoms with Gasteiger partial charge in [-0.05, 0) is 0 Å². The van der Waals surface area contributed by atoms with E-state index in [1.54, 1.807) is 13.2 Å². The SMILES string of the molecule is COCCOc1cc(NN)nc(-c2ccccc2)n1. The molecule has 0 aliphatic heterocycles. The van der Waals surface area contributed by atoms with Gasteiger partial charge in [-0.15, -0.1) is 0 Å². The van der Waals surface area contributed by atoms with Gasteiger partial charge < -0.3 is 14.9 Å². The van der Waals surface area contributed by atoms with Crippen molar-refractivity contribution >= 4 is 5.82 Å². The van der Waals surface area contributed by atoms with E-state index in [4.69, 9.17) is 15.3 Å². The zero-order chi connectivity index (χ0) is 13.5. The fraction of sp³-hybridized carbons (Fsp3) is 0.231. The predicted molar refractivity (Wildman–Crippen MR) is 72.6 cm³/mol. The van der Waals surface area contributed by atoms with Gasteiger partial charge >= 0.3 is 0 Å². The van der Waals surface area contributed by atoms with Crippen LogP contribution in [-0.4, -0.2) is 30.3 Å². The predicted octanol–water partition coefficient (Wildman–Crippen LogP) is 1.45. The summed E-state index contributed by atoms with van der Waals surface area (Å²) in [7, 11) is 1.62. The normalized spacial score (nSPS) is 10.2. The van der Waals surface area contributed by atoms with Crippen molar-refractivity contribution in [1.82, 2.24) is 9.97 Å². The molecular weight excluding hydrogens is 244 g/mol. The van der Waals surface area contributed by atoms with Gasteiger partial charge in [0.2, 0.25) is 5.88 Å². The van der Waals surface area contributed by atoms with Crippen LogP contribution in [0.25, 0.3) is 11.4 Å². The number of nitrogens with zero attached hydrogens (tertiary/aromatic N) is 2. The van der Waals surface area contributed by atoms with Crippen molar-refractivity contribution in [2.24, 2.45) is 5.84 Å². The van der Waals surface area contributed by atoms with Crippen LogP contribution < -0.4 is 16.0 Å². The molecule has 0 spiro atoms. The molecule has 1 aromatic carbocycles. The lowest BCUT2D eigenvalue weighted by Gasteiger charge is -2.09. The van der Waals surface area contributed by atoms with Gasteiger partial charge in [-0.2, -0.15) is 4.98 Å². The summed E-state index contributed by atoms with van der Waals surface area (Å²) in [5.74, 6) is 6.92. The van der Waals surface area contributed by atoms with Crippen molar-refractivity contribution in [1.29, 1.82) is 0 Å². The Hall–Kier alpha value is -2.18. The van der Waals surface area contributed by atoms with E-state index in [0.717, 1.165) is 5.56 Å². The smallest absolute Gasteiger partial charge is 0.219 e. The van der Waals surface area contributed by atoms with Gasteiger partial charge in [0.05, 0.1) is 6.61 Å². The van der Waals surface area contributed by atoms with Gasteiger partial charge in [-0.25, -0.2) is 10.8 Å². The lowest BCUT2D eigenvalue weighted by molar-refractivity contribution is 0.144. The number of nitrogens with two attached hydrogens (primary N) is 1. The molecule has 0 aliphatic rings. The maximum Gasteiger partial charge on any atom is 0.219 e. The first-order chi connectivity index (χ1) is 9.33. The molecule has 6 nitrogen and oxygen atoms in total. The monoisotopic (exact) mass is 260 g/mol. The van der Waals surface area contributed by atoms with E-state index in [1.165, 1.54) is 0 Å². The lowest BCUT2D eigenvalue weighted by Crippen LogP contribution is -2.11. The maximum absolute atomic E-state index is 5.48. The van der Waals surface area contributed by atoms with Crippen LogP contribution in [0.3, 0.4) is 0 Å². The second-order valence-corrected chi connectivity index (χ2v) is 3.77. The Labute approximate surface area is 111 Å². The van der Waals surface area contributed by atoms with E-state index in [-0.39, 0.29) is 0 Å². The molecule has 0 fully saturated rings. The molecule has 2 rings (SSSR count). The van der Waals surface area contributed by atoms with E-state index >= 15 is 0 Å². The van der Waals surface area contributed by atoms with E-state index in [9.17, 15) is 0 Å². The Morgan fingerprint density at radius 2 is 1.95 bits per heavy atom. The number of rotatable bonds is 6. The molecule has 0 bridgehead atoms. The standard InChI is InChI=1S/C13H16N4O2/c1-18-7-8-19-12-9-11(17-14)15-13(16-12)10-5-3-2-4-6-10/h2-6,9H,7-8,14H2,1H3,(H,15,16,17). The Balaban J connectivity index is 2.26. The Morgan fingerprint density at radius 1 is 1.16 bits per heavy atom. The second kappa shape index (κ2) is 6.67. The minimum Gasteiger partial charge on any atom is -0.475 e. The molecule has 0 unspecified atom stereocenters. The van der Waals surface area contributed by atoms with Crippen molar-refractivity contribution in [2.45, 2.75) is 0 Å². The lowest BCUT2D eigenvalue weighted by atomic mass is 10.2. The summed E-state index contributed by atoms with van der Waals surface area (Å²) in [5.41, 5.74) is 3.40. The maximum atomic E-state index is 5.48. The Kier molecular flexibility index (Phi) is 4.66. The topological polar surface area (TPSA) is 82.3 Å². The third-order valence-corrected chi connectivity index (χ3v) is 2.42. The molecule has 6 heteroatoms. The highest BCUT2D eigenvalue weighted by atomic mass is 16.5. The quantitative estimate of drug-likeness (QED) is 0.465. The van der Waals surface area contributed by atoms with Crippen molar-refractivity contribution < 1.29 is 9.47 Å². The highest BCUT2D eigenvalue weighted by Gasteiger charge is 2.07. The third kappa shape index (κ3) is 3.64. The molecular formula is C13H16N4O2. The number of ether oxygens (including phenoxy) is 2. The van der Waals surface area contributed by atoms with Crippen molar-refractivity contribution in [3.05, 3.63) is 36.4 Å². The van der Waals surface area contributed by atoms with Crippen LogP contribution in [0.5, 0.6) is 5.88 Å². The van der Waals surface area contributed by atoms with Gasteiger partial charge in [-0.3, -0.25) is 0 Å². The minimum absolute atomic E-state index is 0.422. The molecule has 1 aromatic heterocycles. The summed E-state index contributed by atoms with van der Waals surface area (Å²) >= 11 is 0. The van der Waals surface area contributed by atoms with Crippen LogP contribution in [0.1, 0.15) is 0 Å². The molecule has 2 aromatic rings. The number of nitrogen functional groups attached to an aromatic ring is 1. The first kappa shape index (κ1) is 13.3.